The van der Waals surface area contributed by atoms with E-state index < -0.39 is 0 Å². The van der Waals surface area contributed by atoms with Crippen LogP contribution in [0.3, 0.4) is 0 Å². The summed E-state index contributed by atoms with van der Waals surface area (Å²) in [5, 5.41) is 6.24. The summed E-state index contributed by atoms with van der Waals surface area (Å²) < 4.78 is 0. The van der Waals surface area contributed by atoms with Crippen LogP contribution < -0.4 is 10.6 Å². The molecule has 1 amide bonds. The first kappa shape index (κ1) is 14.8. The van der Waals surface area contributed by atoms with Crippen LogP contribution in [0.1, 0.15) is 33.6 Å². The lowest BCUT2D eigenvalue weighted by molar-refractivity contribution is -0.122. The van der Waals surface area contributed by atoms with Gasteiger partial charge in [0.2, 0.25) is 5.91 Å². The lowest BCUT2D eigenvalue weighted by Crippen LogP contribution is -2.47. The van der Waals surface area contributed by atoms with Crippen LogP contribution >= 0.6 is 11.8 Å². The third-order valence-electron chi connectivity index (χ3n) is 2.29. The Morgan fingerprint density at radius 3 is 2.53 bits per heavy atom. The van der Waals surface area contributed by atoms with Gasteiger partial charge in [-0.25, -0.2) is 0 Å². The van der Waals surface area contributed by atoms with Gasteiger partial charge in [-0.2, -0.15) is 11.8 Å². The van der Waals surface area contributed by atoms with E-state index in [1.807, 2.05) is 18.7 Å². The molecule has 0 aromatic carbocycles. The maximum atomic E-state index is 11.6. The molecule has 0 spiro atoms. The first-order chi connectivity index (χ1) is 7.15. The average Bonchev–Trinajstić information content (AvgIpc) is 2.24. The summed E-state index contributed by atoms with van der Waals surface area (Å²) in [6.07, 6.45) is 4.14. The molecule has 0 bridgehead atoms. The largest absolute Gasteiger partial charge is 0.355 e. The normalized spacial score (nSPS) is 14.7. The van der Waals surface area contributed by atoms with Crippen molar-refractivity contribution in [3.05, 3.63) is 0 Å². The summed E-state index contributed by atoms with van der Waals surface area (Å²) in [6, 6.07) is 0.344. The van der Waals surface area contributed by atoms with Crippen molar-refractivity contribution in [1.82, 2.24) is 10.6 Å². The van der Waals surface area contributed by atoms with Gasteiger partial charge >= 0.3 is 0 Å². The van der Waals surface area contributed by atoms with E-state index in [4.69, 9.17) is 0 Å². The van der Waals surface area contributed by atoms with Gasteiger partial charge in [-0.1, -0.05) is 13.8 Å². The Hall–Kier alpha value is -0.220. The zero-order valence-electron chi connectivity index (χ0n) is 10.3. The predicted octanol–water partition coefficient (Wildman–Crippen LogP) is 1.63. The van der Waals surface area contributed by atoms with Crippen LogP contribution in [-0.2, 0) is 4.79 Å². The summed E-state index contributed by atoms with van der Waals surface area (Å²) in [5.74, 6) is 1.17. The van der Waals surface area contributed by atoms with Crippen molar-refractivity contribution in [3.63, 3.8) is 0 Å². The van der Waals surface area contributed by atoms with Crippen molar-refractivity contribution in [2.75, 3.05) is 18.6 Å². The van der Waals surface area contributed by atoms with Crippen LogP contribution in [0.25, 0.3) is 0 Å². The van der Waals surface area contributed by atoms with Crippen molar-refractivity contribution in [1.29, 1.82) is 0 Å². The van der Waals surface area contributed by atoms with Gasteiger partial charge in [0, 0.05) is 18.3 Å². The van der Waals surface area contributed by atoms with E-state index in [1.165, 1.54) is 0 Å². The van der Waals surface area contributed by atoms with E-state index in [2.05, 4.69) is 30.7 Å². The van der Waals surface area contributed by atoms with Gasteiger partial charge in [0.1, 0.15) is 0 Å². The topological polar surface area (TPSA) is 41.1 Å². The Kier molecular flexibility index (Phi) is 8.91. The number of nitrogens with one attached hydrogen (secondary N) is 2. The predicted molar refractivity (Wildman–Crippen MR) is 68.4 cm³/mol. The van der Waals surface area contributed by atoms with Crippen LogP contribution in [0.15, 0.2) is 0 Å². The number of amides is 1. The molecule has 15 heavy (non-hydrogen) atoms. The van der Waals surface area contributed by atoms with Gasteiger partial charge in [-0.3, -0.25) is 4.79 Å². The summed E-state index contributed by atoms with van der Waals surface area (Å²) in [5.41, 5.74) is 0. The van der Waals surface area contributed by atoms with E-state index >= 15 is 0 Å². The third-order valence-corrected chi connectivity index (χ3v) is 3.02. The second-order valence-corrected chi connectivity index (χ2v) is 4.65. The number of thioether (sulfide) groups is 1. The Labute approximate surface area is 97.8 Å². The molecule has 2 atom stereocenters. The van der Waals surface area contributed by atoms with E-state index in [1.54, 1.807) is 0 Å². The van der Waals surface area contributed by atoms with Gasteiger partial charge in [0.05, 0.1) is 6.04 Å². The standard InChI is InChI=1S/C11H24N2OS/c1-5-7-12-11(14)9(3)13-10(6-2)8-15-4/h9-10,13H,5-8H2,1-4H3,(H,12,14). The molecule has 0 aliphatic rings. The van der Waals surface area contributed by atoms with Crippen molar-refractivity contribution in [2.45, 2.75) is 45.7 Å². The van der Waals surface area contributed by atoms with Crippen molar-refractivity contribution in [3.8, 4) is 0 Å². The minimum Gasteiger partial charge on any atom is -0.355 e. The van der Waals surface area contributed by atoms with Gasteiger partial charge in [-0.15, -0.1) is 0 Å². The Morgan fingerprint density at radius 1 is 1.40 bits per heavy atom. The molecule has 0 saturated heterocycles. The minimum atomic E-state index is -0.0892. The second-order valence-electron chi connectivity index (χ2n) is 3.74. The molecule has 0 aromatic heterocycles. The summed E-state index contributed by atoms with van der Waals surface area (Å²) in [4.78, 5) is 11.6. The highest BCUT2D eigenvalue weighted by molar-refractivity contribution is 7.98. The third kappa shape index (κ3) is 6.79. The fraction of sp³-hybridized carbons (Fsp3) is 0.909. The monoisotopic (exact) mass is 232 g/mol. The first-order valence-electron chi connectivity index (χ1n) is 5.68. The van der Waals surface area contributed by atoms with Crippen LogP contribution in [0.2, 0.25) is 0 Å². The van der Waals surface area contributed by atoms with Gasteiger partial charge in [0.15, 0.2) is 0 Å². The quantitative estimate of drug-likeness (QED) is 0.668. The van der Waals surface area contributed by atoms with E-state index in [0.29, 0.717) is 6.04 Å². The SMILES string of the molecule is CCCNC(=O)C(C)NC(CC)CSC. The zero-order chi connectivity index (χ0) is 11.7. The summed E-state index contributed by atoms with van der Waals surface area (Å²) in [7, 11) is 0. The Bertz CT molecular complexity index is 176. The average molecular weight is 232 g/mol. The molecular weight excluding hydrogens is 208 g/mol. The molecule has 0 aromatic rings. The molecule has 3 nitrogen and oxygen atoms in total. The molecule has 0 fully saturated rings. The number of hydrogen-bond acceptors (Lipinski definition) is 3. The van der Waals surface area contributed by atoms with Gasteiger partial charge in [-0.05, 0) is 26.0 Å². The first-order valence-corrected chi connectivity index (χ1v) is 7.07. The molecule has 0 heterocycles. The van der Waals surface area contributed by atoms with Gasteiger partial charge in [0.25, 0.3) is 0 Å². The second kappa shape index (κ2) is 9.04. The smallest absolute Gasteiger partial charge is 0.236 e. The van der Waals surface area contributed by atoms with Crippen LogP contribution in [0.4, 0.5) is 0 Å². The molecular formula is C11H24N2OS. The summed E-state index contributed by atoms with van der Waals surface area (Å²) in [6.45, 7) is 6.89. The Balaban J connectivity index is 3.86. The summed E-state index contributed by atoms with van der Waals surface area (Å²) >= 11 is 1.81. The fourth-order valence-corrected chi connectivity index (χ4v) is 2.05. The van der Waals surface area contributed by atoms with E-state index in [0.717, 1.165) is 25.1 Å². The van der Waals surface area contributed by atoms with E-state index in [-0.39, 0.29) is 11.9 Å². The number of carbonyl (C=O) groups excluding carboxylic acids is 1. The van der Waals surface area contributed by atoms with Crippen molar-refractivity contribution < 1.29 is 4.79 Å². The Morgan fingerprint density at radius 2 is 2.07 bits per heavy atom. The lowest BCUT2D eigenvalue weighted by Gasteiger charge is -2.21. The van der Waals surface area contributed by atoms with Crippen LogP contribution in [0, 0.1) is 0 Å². The van der Waals surface area contributed by atoms with Crippen LogP contribution in [-0.4, -0.2) is 36.5 Å². The van der Waals surface area contributed by atoms with E-state index in [9.17, 15) is 4.79 Å². The maximum absolute atomic E-state index is 11.6. The van der Waals surface area contributed by atoms with Crippen LogP contribution in [0.5, 0.6) is 0 Å². The number of hydrogen-bond donors (Lipinski definition) is 2. The molecule has 0 saturated carbocycles. The number of rotatable bonds is 8. The molecule has 0 aliphatic heterocycles. The van der Waals surface area contributed by atoms with Crippen molar-refractivity contribution in [2.24, 2.45) is 0 Å². The molecule has 0 aliphatic carbocycles. The number of carbonyl (C=O) groups is 1. The highest BCUT2D eigenvalue weighted by Crippen LogP contribution is 2.02. The molecule has 4 heteroatoms. The highest BCUT2D eigenvalue weighted by atomic mass is 32.2. The molecule has 2 N–H and O–H groups in total. The fourth-order valence-electron chi connectivity index (χ4n) is 1.32. The van der Waals surface area contributed by atoms with Gasteiger partial charge < -0.3 is 10.6 Å². The molecule has 2 unspecified atom stereocenters. The molecule has 90 valence electrons. The zero-order valence-corrected chi connectivity index (χ0v) is 11.1. The van der Waals surface area contributed by atoms with Crippen molar-refractivity contribution >= 4 is 17.7 Å². The molecule has 0 radical (unpaired) electrons. The highest BCUT2D eigenvalue weighted by Gasteiger charge is 2.15. The molecule has 0 rings (SSSR count). The lowest BCUT2D eigenvalue weighted by atomic mass is 10.2. The maximum Gasteiger partial charge on any atom is 0.236 e. The minimum absolute atomic E-state index is 0.0892.